The highest BCUT2D eigenvalue weighted by Gasteiger charge is 2.61. The van der Waals surface area contributed by atoms with Crippen molar-refractivity contribution in [2.24, 2.45) is 0 Å². The van der Waals surface area contributed by atoms with Gasteiger partial charge in [-0.1, -0.05) is 18.2 Å². The lowest BCUT2D eigenvalue weighted by Crippen LogP contribution is -2.43. The second kappa shape index (κ2) is 6.75. The summed E-state index contributed by atoms with van der Waals surface area (Å²) in [6, 6.07) is 8.66. The van der Waals surface area contributed by atoms with Gasteiger partial charge in [-0.2, -0.15) is 17.6 Å². The Hall–Kier alpha value is -2.20. The van der Waals surface area contributed by atoms with Gasteiger partial charge in [0.15, 0.2) is 6.23 Å². The third-order valence-corrected chi connectivity index (χ3v) is 5.49. The van der Waals surface area contributed by atoms with E-state index in [1.54, 1.807) is 37.4 Å². The number of ether oxygens (including phenoxy) is 2. The predicted molar refractivity (Wildman–Crippen MR) is 100 cm³/mol. The maximum atomic E-state index is 12.5. The van der Waals surface area contributed by atoms with Crippen LogP contribution in [0.2, 0.25) is 0 Å². The summed E-state index contributed by atoms with van der Waals surface area (Å²) in [5, 5.41) is 13.0. The van der Waals surface area contributed by atoms with Gasteiger partial charge in [-0.3, -0.25) is 9.36 Å². The van der Waals surface area contributed by atoms with Crippen LogP contribution < -0.4 is 11.0 Å². The molecule has 4 rings (SSSR count). The third kappa shape index (κ3) is 2.96. The van der Waals surface area contributed by atoms with Gasteiger partial charge in [-0.05, 0) is 19.1 Å². The number of carbonyl (C=O) groups is 1. The van der Waals surface area contributed by atoms with Gasteiger partial charge in [0.1, 0.15) is 23.6 Å². The fraction of sp³-hybridized carbons (Fsp3) is 0.389. The Morgan fingerprint density at radius 1 is 1.44 bits per heavy atom. The molecule has 9 heteroatoms. The van der Waals surface area contributed by atoms with Crippen molar-refractivity contribution < 1.29 is 19.4 Å². The maximum Gasteiger partial charge on any atom is 0.351 e. The Labute approximate surface area is 160 Å². The summed E-state index contributed by atoms with van der Waals surface area (Å²) >= 11 is 4.24. The molecule has 2 aliphatic rings. The number of aliphatic hydroxyl groups is 1. The zero-order valence-corrected chi connectivity index (χ0v) is 15.4. The molecule has 1 amide bonds. The number of hydrogen-bond acceptors (Lipinski definition) is 7. The smallest absolute Gasteiger partial charge is 0.351 e. The van der Waals surface area contributed by atoms with Crippen molar-refractivity contribution in [1.29, 1.82) is 0 Å². The molecule has 4 unspecified atom stereocenters. The molecule has 2 N–H and O–H groups in total. The van der Waals surface area contributed by atoms with E-state index in [0.29, 0.717) is 11.1 Å². The van der Waals surface area contributed by atoms with E-state index in [1.807, 2.05) is 6.07 Å². The number of aliphatic hydroxyl groups excluding tert-OH is 1. The van der Waals surface area contributed by atoms with Crippen LogP contribution >= 0.6 is 12.6 Å². The van der Waals surface area contributed by atoms with Crippen molar-refractivity contribution >= 4 is 24.4 Å². The van der Waals surface area contributed by atoms with Gasteiger partial charge in [0.25, 0.3) is 5.91 Å². The highest BCUT2D eigenvalue weighted by atomic mass is 32.1. The van der Waals surface area contributed by atoms with Crippen molar-refractivity contribution in [3.8, 4) is 0 Å². The van der Waals surface area contributed by atoms with Crippen LogP contribution in [0.25, 0.3) is 0 Å². The Morgan fingerprint density at radius 3 is 2.85 bits per heavy atom. The van der Waals surface area contributed by atoms with E-state index >= 15 is 0 Å². The van der Waals surface area contributed by atoms with E-state index in [9.17, 15) is 14.7 Å². The molecule has 2 saturated heterocycles. The molecular formula is C18H19N3O5S. The van der Waals surface area contributed by atoms with E-state index in [-0.39, 0.29) is 24.1 Å². The first-order valence-corrected chi connectivity index (χ1v) is 9.13. The molecule has 2 aromatic rings. The van der Waals surface area contributed by atoms with Gasteiger partial charge < -0.3 is 19.9 Å². The van der Waals surface area contributed by atoms with Crippen molar-refractivity contribution in [3.63, 3.8) is 0 Å². The fourth-order valence-electron chi connectivity index (χ4n) is 3.40. The summed E-state index contributed by atoms with van der Waals surface area (Å²) in [6.45, 7) is 1.95. The number of thiol groups is 1. The van der Waals surface area contributed by atoms with E-state index < -0.39 is 29.7 Å². The molecule has 1 aromatic heterocycles. The first-order valence-electron chi connectivity index (χ1n) is 8.50. The van der Waals surface area contributed by atoms with E-state index in [0.717, 1.165) is 0 Å². The summed E-state index contributed by atoms with van der Waals surface area (Å²) in [5.74, 6) is 0.0963. The van der Waals surface area contributed by atoms with Crippen molar-refractivity contribution in [1.82, 2.24) is 9.55 Å². The molecule has 2 aliphatic heterocycles. The SMILES string of the molecule is Cc1cn(C2OC3(CS)COC2C3O)c(=O)nc1NC(=O)c1ccccc1. The molecule has 0 aliphatic carbocycles. The number of carbonyl (C=O) groups excluding carboxylic acids is 1. The minimum Gasteiger partial charge on any atom is -0.387 e. The number of nitrogens with one attached hydrogen (secondary N) is 1. The van der Waals surface area contributed by atoms with Crippen LogP contribution in [0.3, 0.4) is 0 Å². The number of benzene rings is 1. The van der Waals surface area contributed by atoms with Crippen LogP contribution in [-0.2, 0) is 9.47 Å². The van der Waals surface area contributed by atoms with Crippen molar-refractivity contribution in [2.45, 2.75) is 31.0 Å². The monoisotopic (exact) mass is 389 g/mol. The summed E-state index contributed by atoms with van der Waals surface area (Å²) in [5.41, 5.74) is -0.482. The molecule has 27 heavy (non-hydrogen) atoms. The zero-order valence-electron chi connectivity index (χ0n) is 14.5. The molecule has 142 valence electrons. The summed E-state index contributed by atoms with van der Waals surface area (Å²) < 4.78 is 12.8. The van der Waals surface area contributed by atoms with Crippen LogP contribution in [0, 0.1) is 6.92 Å². The second-order valence-electron chi connectivity index (χ2n) is 6.73. The molecular weight excluding hydrogens is 370 g/mol. The van der Waals surface area contributed by atoms with Crippen LogP contribution in [0.1, 0.15) is 22.1 Å². The zero-order chi connectivity index (χ0) is 19.2. The van der Waals surface area contributed by atoms with Crippen LogP contribution in [-0.4, -0.2) is 50.7 Å². The quantitative estimate of drug-likeness (QED) is 0.668. The lowest BCUT2D eigenvalue weighted by Gasteiger charge is -2.30. The number of amides is 1. The standard InChI is InChI=1S/C18H19N3O5S/c1-10-7-21(16-12-13(22)18(9-27,26-16)8-25-12)17(24)20-14(10)19-15(23)11-5-3-2-4-6-11/h2-7,12-13,16,22,27H,8-9H2,1H3,(H,19,20,23,24). The molecule has 3 heterocycles. The van der Waals surface area contributed by atoms with Gasteiger partial charge in [0.05, 0.1) is 6.61 Å². The summed E-state index contributed by atoms with van der Waals surface area (Å²) in [6.07, 6.45) is -0.784. The van der Waals surface area contributed by atoms with Gasteiger partial charge in [0.2, 0.25) is 0 Å². The van der Waals surface area contributed by atoms with Crippen LogP contribution in [0.15, 0.2) is 41.3 Å². The van der Waals surface area contributed by atoms with E-state index in [4.69, 9.17) is 9.47 Å². The number of aromatic nitrogens is 2. The lowest BCUT2D eigenvalue weighted by atomic mass is 10.0. The Bertz CT molecular complexity index is 934. The first kappa shape index (κ1) is 18.2. The summed E-state index contributed by atoms with van der Waals surface area (Å²) in [7, 11) is 0. The van der Waals surface area contributed by atoms with E-state index in [2.05, 4.69) is 22.9 Å². The van der Waals surface area contributed by atoms with Gasteiger partial charge in [-0.25, -0.2) is 4.79 Å². The molecule has 2 fully saturated rings. The minimum absolute atomic E-state index is 0.179. The molecule has 1 aromatic carbocycles. The van der Waals surface area contributed by atoms with E-state index in [1.165, 1.54) is 4.57 Å². The molecule has 2 bridgehead atoms. The van der Waals surface area contributed by atoms with Gasteiger partial charge >= 0.3 is 5.69 Å². The number of aryl methyl sites for hydroxylation is 1. The average molecular weight is 389 g/mol. The molecule has 0 radical (unpaired) electrons. The number of hydrogen-bond donors (Lipinski definition) is 3. The van der Waals surface area contributed by atoms with Crippen LogP contribution in [0.4, 0.5) is 5.82 Å². The predicted octanol–water partition coefficient (Wildman–Crippen LogP) is 0.761. The van der Waals surface area contributed by atoms with Crippen molar-refractivity contribution in [3.05, 3.63) is 58.1 Å². The molecule has 0 spiro atoms. The third-order valence-electron chi connectivity index (χ3n) is 4.95. The van der Waals surface area contributed by atoms with Gasteiger partial charge in [0, 0.05) is 23.1 Å². The number of anilines is 1. The Kier molecular flexibility index (Phi) is 4.55. The minimum atomic E-state index is -0.925. The molecule has 0 saturated carbocycles. The van der Waals surface area contributed by atoms with Crippen molar-refractivity contribution in [2.75, 3.05) is 17.7 Å². The second-order valence-corrected chi connectivity index (χ2v) is 7.05. The number of fused-ring (bicyclic) bond motifs is 2. The molecule has 4 atom stereocenters. The lowest BCUT2D eigenvalue weighted by molar-refractivity contribution is -0.165. The normalized spacial score (nSPS) is 29.1. The number of nitrogens with zero attached hydrogens (tertiary/aromatic N) is 2. The first-order chi connectivity index (χ1) is 12.9. The molecule has 8 nitrogen and oxygen atoms in total. The topological polar surface area (TPSA) is 103 Å². The average Bonchev–Trinajstić information content (AvgIpc) is 3.15. The highest BCUT2D eigenvalue weighted by Crippen LogP contribution is 2.45. The fourth-order valence-corrected chi connectivity index (χ4v) is 3.75. The maximum absolute atomic E-state index is 12.5. The Balaban J connectivity index is 1.60. The summed E-state index contributed by atoms with van der Waals surface area (Å²) in [4.78, 5) is 28.8. The highest BCUT2D eigenvalue weighted by molar-refractivity contribution is 7.80. The number of rotatable bonds is 4. The largest absolute Gasteiger partial charge is 0.387 e. The van der Waals surface area contributed by atoms with Crippen LogP contribution in [0.5, 0.6) is 0 Å². The van der Waals surface area contributed by atoms with Gasteiger partial charge in [-0.15, -0.1) is 0 Å². The Morgan fingerprint density at radius 2 is 2.19 bits per heavy atom.